The average molecular weight is 217 g/mol. The van der Waals surface area contributed by atoms with Gasteiger partial charge in [0.05, 0.1) is 5.71 Å². The van der Waals surface area contributed by atoms with E-state index in [-0.39, 0.29) is 5.91 Å². The lowest BCUT2D eigenvalue weighted by Gasteiger charge is -2.13. The summed E-state index contributed by atoms with van der Waals surface area (Å²) in [7, 11) is 0. The van der Waals surface area contributed by atoms with Crippen LogP contribution < -0.4 is 10.2 Å². The molecule has 0 saturated carbocycles. The second-order valence-corrected chi connectivity index (χ2v) is 3.52. The summed E-state index contributed by atoms with van der Waals surface area (Å²) in [4.78, 5) is 10.9. The van der Waals surface area contributed by atoms with Gasteiger partial charge in [0.2, 0.25) is 5.91 Å². The minimum absolute atomic E-state index is 0.0815. The Bertz CT molecular complexity index is 463. The van der Waals surface area contributed by atoms with Crippen LogP contribution in [0.5, 0.6) is 0 Å². The zero-order valence-corrected chi connectivity index (χ0v) is 8.64. The van der Waals surface area contributed by atoms with E-state index in [2.05, 4.69) is 17.1 Å². The van der Waals surface area contributed by atoms with E-state index in [1.807, 2.05) is 0 Å². The largest absolute Gasteiger partial charge is 0.619 e. The summed E-state index contributed by atoms with van der Waals surface area (Å²) < 4.78 is 0.710. The summed E-state index contributed by atoms with van der Waals surface area (Å²) in [6.45, 7) is 3.91. The molecule has 1 N–H and O–H groups in total. The molecule has 2 heterocycles. The van der Waals surface area contributed by atoms with E-state index in [0.29, 0.717) is 17.6 Å². The van der Waals surface area contributed by atoms with Crippen LogP contribution in [0.25, 0.3) is 5.57 Å². The first kappa shape index (κ1) is 10.4. The van der Waals surface area contributed by atoms with Crippen LogP contribution in [0.4, 0.5) is 0 Å². The molecule has 1 aliphatic rings. The van der Waals surface area contributed by atoms with E-state index >= 15 is 0 Å². The van der Waals surface area contributed by atoms with Gasteiger partial charge in [0.15, 0.2) is 12.4 Å². The number of aromatic nitrogens is 1. The highest BCUT2D eigenvalue weighted by Crippen LogP contribution is 2.17. The number of allylic oxidation sites excluding steroid dienone is 1. The minimum atomic E-state index is -0.0815. The van der Waals surface area contributed by atoms with Crippen molar-refractivity contribution in [1.29, 1.82) is 0 Å². The predicted molar refractivity (Wildman–Crippen MR) is 59.2 cm³/mol. The molecule has 0 fully saturated rings. The van der Waals surface area contributed by atoms with Crippen molar-refractivity contribution in [2.75, 3.05) is 0 Å². The highest BCUT2D eigenvalue weighted by atomic mass is 16.5. The average Bonchev–Trinajstić information content (AvgIpc) is 2.30. The smallest absolute Gasteiger partial charge is 0.240 e. The highest BCUT2D eigenvalue weighted by molar-refractivity contribution is 6.24. The first-order valence-corrected chi connectivity index (χ1v) is 4.90. The van der Waals surface area contributed by atoms with Gasteiger partial charge in [-0.25, -0.2) is 5.43 Å². The second kappa shape index (κ2) is 4.14. The Balaban J connectivity index is 2.19. The molecule has 0 spiro atoms. The summed E-state index contributed by atoms with van der Waals surface area (Å²) in [6.07, 6.45) is 3.81. The maximum atomic E-state index is 10.9. The van der Waals surface area contributed by atoms with Crippen molar-refractivity contribution in [3.05, 3.63) is 41.9 Å². The van der Waals surface area contributed by atoms with E-state index in [9.17, 15) is 10.0 Å². The Kier molecular flexibility index (Phi) is 2.68. The molecule has 1 aliphatic heterocycles. The van der Waals surface area contributed by atoms with Crippen LogP contribution >= 0.6 is 0 Å². The molecule has 1 aromatic heterocycles. The Hall–Kier alpha value is -2.17. The lowest BCUT2D eigenvalue weighted by Crippen LogP contribution is -2.26. The van der Waals surface area contributed by atoms with Gasteiger partial charge >= 0.3 is 0 Å². The van der Waals surface area contributed by atoms with E-state index < -0.39 is 0 Å². The molecular formula is C11H11N3O2. The van der Waals surface area contributed by atoms with Crippen LogP contribution in [0.3, 0.4) is 0 Å². The van der Waals surface area contributed by atoms with Gasteiger partial charge in [0.25, 0.3) is 0 Å². The molecule has 2 rings (SSSR count). The summed E-state index contributed by atoms with van der Waals surface area (Å²) in [6, 6.07) is 3.35. The molecule has 0 unspecified atom stereocenters. The summed E-state index contributed by atoms with van der Waals surface area (Å²) in [5, 5.41) is 14.8. The van der Waals surface area contributed by atoms with Gasteiger partial charge in [0.1, 0.15) is 0 Å². The number of hydrogen-bond donors (Lipinski definition) is 1. The Morgan fingerprint density at radius 3 is 2.69 bits per heavy atom. The zero-order chi connectivity index (χ0) is 11.5. The Labute approximate surface area is 92.7 Å². The monoisotopic (exact) mass is 217 g/mol. The van der Waals surface area contributed by atoms with Crippen molar-refractivity contribution in [3.8, 4) is 0 Å². The first-order chi connectivity index (χ1) is 7.66. The van der Waals surface area contributed by atoms with Gasteiger partial charge in [-0.2, -0.15) is 9.83 Å². The third-order valence-corrected chi connectivity index (χ3v) is 2.40. The molecule has 1 aromatic rings. The van der Waals surface area contributed by atoms with Crippen molar-refractivity contribution in [2.24, 2.45) is 5.10 Å². The quantitative estimate of drug-likeness (QED) is 0.582. The van der Waals surface area contributed by atoms with Crippen LogP contribution in [0.15, 0.2) is 36.2 Å². The molecule has 0 aliphatic carbocycles. The minimum Gasteiger partial charge on any atom is -0.619 e. The summed E-state index contributed by atoms with van der Waals surface area (Å²) in [5.41, 5.74) is 4.74. The topological polar surface area (TPSA) is 68.4 Å². The third-order valence-electron chi connectivity index (χ3n) is 2.40. The normalized spacial score (nSPS) is 15.2. The second-order valence-electron chi connectivity index (χ2n) is 3.52. The van der Waals surface area contributed by atoms with Crippen LogP contribution in [0.1, 0.15) is 18.4 Å². The number of hydrogen-bond acceptors (Lipinski definition) is 3. The van der Waals surface area contributed by atoms with Gasteiger partial charge in [-0.05, 0) is 11.1 Å². The first-order valence-electron chi connectivity index (χ1n) is 4.90. The van der Waals surface area contributed by atoms with Gasteiger partial charge in [-0.1, -0.05) is 6.58 Å². The number of hydrazone groups is 1. The SMILES string of the molecule is C=C(C1=NNC(=O)CC1)c1cc[n+]([O-])cc1. The lowest BCUT2D eigenvalue weighted by atomic mass is 10.00. The highest BCUT2D eigenvalue weighted by Gasteiger charge is 2.15. The molecule has 5 heteroatoms. The summed E-state index contributed by atoms with van der Waals surface area (Å²) >= 11 is 0. The predicted octanol–water partition coefficient (Wildman–Crippen LogP) is 0.599. The van der Waals surface area contributed by atoms with Crippen molar-refractivity contribution in [2.45, 2.75) is 12.8 Å². The molecule has 1 amide bonds. The van der Waals surface area contributed by atoms with Crippen molar-refractivity contribution in [3.63, 3.8) is 0 Å². The van der Waals surface area contributed by atoms with Crippen LogP contribution in [-0.4, -0.2) is 11.6 Å². The fourth-order valence-corrected chi connectivity index (χ4v) is 1.47. The van der Waals surface area contributed by atoms with Crippen molar-refractivity contribution < 1.29 is 9.52 Å². The van der Waals surface area contributed by atoms with Gasteiger partial charge < -0.3 is 5.21 Å². The fraction of sp³-hybridized carbons (Fsp3) is 0.182. The molecule has 0 radical (unpaired) electrons. The number of nitrogens with one attached hydrogen (secondary N) is 1. The molecule has 0 bridgehead atoms. The molecule has 82 valence electrons. The Morgan fingerprint density at radius 1 is 1.44 bits per heavy atom. The van der Waals surface area contributed by atoms with Crippen molar-refractivity contribution in [1.82, 2.24) is 5.43 Å². The van der Waals surface area contributed by atoms with Crippen molar-refractivity contribution >= 4 is 17.2 Å². The molecule has 0 aromatic carbocycles. The zero-order valence-electron chi connectivity index (χ0n) is 8.64. The van der Waals surface area contributed by atoms with E-state index in [4.69, 9.17) is 0 Å². The number of amides is 1. The van der Waals surface area contributed by atoms with Crippen LogP contribution in [0, 0.1) is 5.21 Å². The third kappa shape index (κ3) is 2.08. The lowest BCUT2D eigenvalue weighted by molar-refractivity contribution is -0.605. The van der Waals surface area contributed by atoms with Gasteiger partial charge in [0, 0.05) is 25.0 Å². The molecule has 5 nitrogen and oxygen atoms in total. The molecular weight excluding hydrogens is 206 g/mol. The van der Waals surface area contributed by atoms with Gasteiger partial charge in [-0.15, -0.1) is 0 Å². The Morgan fingerprint density at radius 2 is 2.12 bits per heavy atom. The number of carbonyl (C=O) groups is 1. The molecule has 0 saturated heterocycles. The molecule has 0 atom stereocenters. The van der Waals surface area contributed by atoms with E-state index in [1.165, 1.54) is 12.4 Å². The number of carbonyl (C=O) groups excluding carboxylic acids is 1. The maximum Gasteiger partial charge on any atom is 0.240 e. The van der Waals surface area contributed by atoms with Gasteiger partial charge in [-0.3, -0.25) is 4.79 Å². The van der Waals surface area contributed by atoms with Crippen LogP contribution in [-0.2, 0) is 4.79 Å². The standard InChI is InChI=1S/C11H11N3O2/c1-8(9-4-6-14(16)7-5-9)10-2-3-11(15)13-12-10/h4-7H,1-3H2,(H,13,15). The number of nitrogens with zero attached hydrogens (tertiary/aromatic N) is 2. The maximum absolute atomic E-state index is 10.9. The van der Waals surface area contributed by atoms with E-state index in [1.54, 1.807) is 12.1 Å². The van der Waals surface area contributed by atoms with Crippen LogP contribution in [0.2, 0.25) is 0 Å². The summed E-state index contributed by atoms with van der Waals surface area (Å²) in [5.74, 6) is -0.0815. The fourth-order valence-electron chi connectivity index (χ4n) is 1.47. The van der Waals surface area contributed by atoms with E-state index in [0.717, 1.165) is 16.8 Å². The molecule has 16 heavy (non-hydrogen) atoms. The number of pyridine rings is 1. The number of rotatable bonds is 2.